The van der Waals surface area contributed by atoms with Crippen molar-refractivity contribution in [2.45, 2.75) is 16.2 Å². The van der Waals surface area contributed by atoms with Crippen molar-refractivity contribution in [3.05, 3.63) is 29.6 Å². The van der Waals surface area contributed by atoms with Gasteiger partial charge in [0.05, 0.1) is 0 Å². The van der Waals surface area contributed by atoms with E-state index < -0.39 is 0 Å². The highest BCUT2D eigenvalue weighted by molar-refractivity contribution is 8.01. The molecule has 1 amide bonds. The van der Waals surface area contributed by atoms with Crippen molar-refractivity contribution in [2.24, 2.45) is 0 Å². The van der Waals surface area contributed by atoms with Crippen molar-refractivity contribution in [2.75, 3.05) is 12.8 Å². The predicted molar refractivity (Wildman–Crippen MR) is 73.0 cm³/mol. The predicted octanol–water partition coefficient (Wildman–Crippen LogP) is 1.94. The monoisotopic (exact) mass is 280 g/mol. The van der Waals surface area contributed by atoms with Gasteiger partial charge in [-0.25, -0.2) is 4.98 Å². The highest BCUT2D eigenvalue weighted by Gasteiger charge is 2.09. The van der Waals surface area contributed by atoms with E-state index >= 15 is 0 Å². The lowest BCUT2D eigenvalue weighted by Crippen LogP contribution is -2.17. The van der Waals surface area contributed by atoms with Gasteiger partial charge in [0.1, 0.15) is 5.82 Å². The van der Waals surface area contributed by atoms with E-state index in [9.17, 15) is 4.79 Å². The number of nitrogens with two attached hydrogens (primary N) is 1. The number of rotatable bonds is 3. The molecule has 1 aromatic carbocycles. The molecule has 0 aliphatic carbocycles. The van der Waals surface area contributed by atoms with Crippen LogP contribution in [0.5, 0.6) is 0 Å². The molecule has 0 aliphatic rings. The topological polar surface area (TPSA) is 80.9 Å². The number of amides is 1. The summed E-state index contributed by atoms with van der Waals surface area (Å²) in [5.74, 6) is 0.605. The normalized spacial score (nSPS) is 10.3. The summed E-state index contributed by atoms with van der Waals surface area (Å²) in [5.41, 5.74) is 7.04. The van der Waals surface area contributed by atoms with Crippen LogP contribution in [0.1, 0.15) is 16.2 Å². The molecule has 0 spiro atoms. The van der Waals surface area contributed by atoms with Crippen molar-refractivity contribution in [3.8, 4) is 0 Å². The molecule has 0 unspecified atom stereocenters. The summed E-state index contributed by atoms with van der Waals surface area (Å²) in [5, 5.41) is 2.56. The molecule has 3 N–H and O–H groups in total. The van der Waals surface area contributed by atoms with Gasteiger partial charge in [-0.15, -0.1) is 0 Å². The van der Waals surface area contributed by atoms with Crippen LogP contribution >= 0.6 is 23.3 Å². The molecule has 0 atom stereocenters. The molecule has 0 saturated heterocycles. The van der Waals surface area contributed by atoms with E-state index in [4.69, 9.17) is 5.73 Å². The Morgan fingerprint density at radius 1 is 1.50 bits per heavy atom. The number of benzene rings is 1. The van der Waals surface area contributed by atoms with Crippen LogP contribution < -0.4 is 11.1 Å². The standard InChI is InChI=1S/C11H12N4OS2/c1-6-14-11(18-15-6)17-9-4-3-7(5-8(9)12)10(16)13-2/h3-5H,12H2,1-2H3,(H,13,16). The molecular formula is C11H12N4OS2. The number of nitrogens with one attached hydrogen (secondary N) is 1. The zero-order valence-electron chi connectivity index (χ0n) is 9.93. The third-order valence-electron chi connectivity index (χ3n) is 2.21. The van der Waals surface area contributed by atoms with Gasteiger partial charge in [-0.1, -0.05) is 11.8 Å². The number of anilines is 1. The Kier molecular flexibility index (Phi) is 3.83. The van der Waals surface area contributed by atoms with Crippen molar-refractivity contribution in [1.29, 1.82) is 0 Å². The molecule has 7 heteroatoms. The third-order valence-corrected chi connectivity index (χ3v) is 4.14. The number of nitrogen functional groups attached to an aromatic ring is 1. The summed E-state index contributed by atoms with van der Waals surface area (Å²) in [4.78, 5) is 16.6. The van der Waals surface area contributed by atoms with E-state index in [2.05, 4.69) is 14.7 Å². The maximum Gasteiger partial charge on any atom is 0.251 e. The second kappa shape index (κ2) is 5.36. The smallest absolute Gasteiger partial charge is 0.251 e. The van der Waals surface area contributed by atoms with E-state index in [1.807, 2.05) is 13.0 Å². The zero-order chi connectivity index (χ0) is 13.1. The van der Waals surface area contributed by atoms with Crippen molar-refractivity contribution < 1.29 is 4.79 Å². The van der Waals surface area contributed by atoms with Gasteiger partial charge in [0.2, 0.25) is 0 Å². The van der Waals surface area contributed by atoms with Crippen LogP contribution in [0.15, 0.2) is 27.4 Å². The van der Waals surface area contributed by atoms with Gasteiger partial charge >= 0.3 is 0 Å². The van der Waals surface area contributed by atoms with Crippen molar-refractivity contribution in [1.82, 2.24) is 14.7 Å². The number of hydrogen-bond donors (Lipinski definition) is 2. The third kappa shape index (κ3) is 2.80. The van der Waals surface area contributed by atoms with E-state index in [0.717, 1.165) is 15.1 Å². The molecule has 0 saturated carbocycles. The minimum Gasteiger partial charge on any atom is -0.398 e. The van der Waals surface area contributed by atoms with Crippen LogP contribution in [0, 0.1) is 6.92 Å². The lowest BCUT2D eigenvalue weighted by atomic mass is 10.2. The maximum atomic E-state index is 11.4. The van der Waals surface area contributed by atoms with Crippen LogP contribution in [-0.4, -0.2) is 22.3 Å². The summed E-state index contributed by atoms with van der Waals surface area (Å²) in [6.45, 7) is 1.85. The summed E-state index contributed by atoms with van der Waals surface area (Å²) in [6, 6.07) is 5.22. The molecule has 1 heterocycles. The average molecular weight is 280 g/mol. The second-order valence-electron chi connectivity index (χ2n) is 3.54. The Labute approximate surface area is 113 Å². The molecule has 94 valence electrons. The number of aryl methyl sites for hydroxylation is 1. The summed E-state index contributed by atoms with van der Waals surface area (Å²) < 4.78 is 4.95. The lowest BCUT2D eigenvalue weighted by Gasteiger charge is -2.05. The highest BCUT2D eigenvalue weighted by Crippen LogP contribution is 2.33. The molecule has 1 aromatic heterocycles. The zero-order valence-corrected chi connectivity index (χ0v) is 11.6. The second-order valence-corrected chi connectivity index (χ2v) is 5.58. The van der Waals surface area contributed by atoms with Crippen LogP contribution in [0.2, 0.25) is 0 Å². The van der Waals surface area contributed by atoms with E-state index in [1.54, 1.807) is 19.2 Å². The van der Waals surface area contributed by atoms with Gasteiger partial charge in [0.25, 0.3) is 5.91 Å². The van der Waals surface area contributed by atoms with E-state index in [0.29, 0.717) is 11.3 Å². The van der Waals surface area contributed by atoms with Gasteiger partial charge in [-0.05, 0) is 36.7 Å². The Balaban J connectivity index is 2.22. The molecule has 0 aliphatic heterocycles. The van der Waals surface area contributed by atoms with Gasteiger partial charge < -0.3 is 11.1 Å². The fraction of sp³-hybridized carbons (Fsp3) is 0.182. The van der Waals surface area contributed by atoms with Gasteiger partial charge in [-0.3, -0.25) is 4.79 Å². The fourth-order valence-corrected chi connectivity index (χ4v) is 2.97. The van der Waals surface area contributed by atoms with Crippen molar-refractivity contribution >= 4 is 34.9 Å². The largest absolute Gasteiger partial charge is 0.398 e. The van der Waals surface area contributed by atoms with Crippen LogP contribution in [-0.2, 0) is 0 Å². The molecule has 0 radical (unpaired) electrons. The number of carbonyl (C=O) groups excluding carboxylic acids is 1. The number of carbonyl (C=O) groups is 1. The minimum atomic E-state index is -0.148. The average Bonchev–Trinajstić information content (AvgIpc) is 2.76. The van der Waals surface area contributed by atoms with Gasteiger partial charge in [0, 0.05) is 23.2 Å². The Morgan fingerprint density at radius 3 is 2.83 bits per heavy atom. The lowest BCUT2D eigenvalue weighted by molar-refractivity contribution is 0.0963. The summed E-state index contributed by atoms with van der Waals surface area (Å²) in [7, 11) is 1.59. The first kappa shape index (κ1) is 12.8. The fourth-order valence-electron chi connectivity index (χ4n) is 1.34. The quantitative estimate of drug-likeness (QED) is 0.840. The van der Waals surface area contributed by atoms with Gasteiger partial charge in [-0.2, -0.15) is 4.37 Å². The SMILES string of the molecule is CNC(=O)c1ccc(Sc2nc(C)ns2)c(N)c1. The molecule has 5 nitrogen and oxygen atoms in total. The highest BCUT2D eigenvalue weighted by atomic mass is 32.2. The Bertz CT molecular complexity index is 582. The van der Waals surface area contributed by atoms with Crippen LogP contribution in [0.4, 0.5) is 5.69 Å². The molecular weight excluding hydrogens is 268 g/mol. The summed E-state index contributed by atoms with van der Waals surface area (Å²) in [6.07, 6.45) is 0. The Morgan fingerprint density at radius 2 is 2.28 bits per heavy atom. The maximum absolute atomic E-state index is 11.4. The molecule has 2 aromatic rings. The number of hydrogen-bond acceptors (Lipinski definition) is 6. The first-order chi connectivity index (χ1) is 8.60. The number of nitrogens with zero attached hydrogens (tertiary/aromatic N) is 2. The number of aromatic nitrogens is 2. The first-order valence-electron chi connectivity index (χ1n) is 5.20. The van der Waals surface area contributed by atoms with Crippen molar-refractivity contribution in [3.63, 3.8) is 0 Å². The van der Waals surface area contributed by atoms with E-state index in [-0.39, 0.29) is 5.91 Å². The molecule has 18 heavy (non-hydrogen) atoms. The molecule has 0 bridgehead atoms. The Hall–Kier alpha value is -1.60. The first-order valence-corrected chi connectivity index (χ1v) is 6.79. The minimum absolute atomic E-state index is 0.148. The van der Waals surface area contributed by atoms with Crippen LogP contribution in [0.3, 0.4) is 0 Å². The summed E-state index contributed by atoms with van der Waals surface area (Å²) >= 11 is 2.79. The van der Waals surface area contributed by atoms with Crippen LogP contribution in [0.25, 0.3) is 0 Å². The van der Waals surface area contributed by atoms with E-state index in [1.165, 1.54) is 23.3 Å². The molecule has 2 rings (SSSR count). The van der Waals surface area contributed by atoms with Gasteiger partial charge in [0.15, 0.2) is 4.34 Å². The molecule has 0 fully saturated rings.